The van der Waals surface area contributed by atoms with Crippen molar-refractivity contribution in [2.24, 2.45) is 5.11 Å². The van der Waals surface area contributed by atoms with Gasteiger partial charge in [0.1, 0.15) is 5.78 Å². The molecule has 0 spiro atoms. The van der Waals surface area contributed by atoms with Crippen molar-refractivity contribution in [3.63, 3.8) is 0 Å². The van der Waals surface area contributed by atoms with Crippen LogP contribution >= 0.6 is 11.6 Å². The standard InChI is InChI=1S/C18H34ClN3O5/c19-8-3-1-2-4-10-24-14-15-25-11-5-6-18(23)7-12-26-16-17-27-13-9-21-22-20/h1-17H2. The zero-order valence-electron chi connectivity index (χ0n) is 16.3. The second-order valence-electron chi connectivity index (χ2n) is 5.90. The van der Waals surface area contributed by atoms with Gasteiger partial charge in [-0.3, -0.25) is 4.79 Å². The van der Waals surface area contributed by atoms with Gasteiger partial charge in [-0.1, -0.05) is 18.0 Å². The molecule has 0 aromatic rings. The number of rotatable bonds is 22. The number of carbonyl (C=O) groups excluding carboxylic acids is 1. The number of ether oxygens (including phenoxy) is 4. The van der Waals surface area contributed by atoms with Crippen LogP contribution < -0.4 is 0 Å². The lowest BCUT2D eigenvalue weighted by molar-refractivity contribution is -0.120. The smallest absolute Gasteiger partial charge is 0.135 e. The van der Waals surface area contributed by atoms with Gasteiger partial charge in [0, 0.05) is 43.4 Å². The van der Waals surface area contributed by atoms with Crippen LogP contribution in [0.4, 0.5) is 0 Å². The maximum atomic E-state index is 11.7. The molecule has 0 aliphatic heterocycles. The van der Waals surface area contributed by atoms with E-state index in [0.717, 1.165) is 44.6 Å². The molecule has 0 bridgehead atoms. The van der Waals surface area contributed by atoms with Crippen LogP contribution in [0.2, 0.25) is 0 Å². The molecule has 0 N–H and O–H groups in total. The summed E-state index contributed by atoms with van der Waals surface area (Å²) in [5, 5.41) is 3.35. The average Bonchev–Trinajstić information content (AvgIpc) is 2.67. The number of hydrogen-bond acceptors (Lipinski definition) is 6. The Bertz CT molecular complexity index is 382. The highest BCUT2D eigenvalue weighted by Gasteiger charge is 2.02. The Labute approximate surface area is 167 Å². The summed E-state index contributed by atoms with van der Waals surface area (Å²) in [5.74, 6) is 0.913. The first-order valence-electron chi connectivity index (χ1n) is 9.70. The fraction of sp³-hybridized carbons (Fsp3) is 0.944. The summed E-state index contributed by atoms with van der Waals surface area (Å²) in [6, 6.07) is 0. The molecule has 0 heterocycles. The van der Waals surface area contributed by atoms with E-state index < -0.39 is 0 Å². The summed E-state index contributed by atoms with van der Waals surface area (Å²) in [6.07, 6.45) is 6.09. The summed E-state index contributed by atoms with van der Waals surface area (Å²) in [6.45, 7) is 4.47. The van der Waals surface area contributed by atoms with Crippen LogP contribution in [-0.4, -0.2) is 71.1 Å². The topological polar surface area (TPSA) is 103 Å². The summed E-state index contributed by atoms with van der Waals surface area (Å²) in [5.41, 5.74) is 8.09. The molecule has 0 aromatic carbocycles. The van der Waals surface area contributed by atoms with Crippen molar-refractivity contribution in [1.29, 1.82) is 0 Å². The second kappa shape index (κ2) is 23.1. The van der Waals surface area contributed by atoms with Crippen LogP contribution in [0.5, 0.6) is 0 Å². The zero-order chi connectivity index (χ0) is 19.8. The molecule has 0 fully saturated rings. The Morgan fingerprint density at radius 1 is 0.741 bits per heavy atom. The van der Waals surface area contributed by atoms with Crippen LogP contribution in [0, 0.1) is 0 Å². The number of halogens is 1. The van der Waals surface area contributed by atoms with E-state index in [1.54, 1.807) is 0 Å². The van der Waals surface area contributed by atoms with Crippen molar-refractivity contribution in [2.45, 2.75) is 44.9 Å². The Balaban J connectivity index is 3.16. The number of ketones is 1. The first-order chi connectivity index (χ1) is 13.3. The van der Waals surface area contributed by atoms with Crippen molar-refractivity contribution in [2.75, 3.05) is 65.3 Å². The fourth-order valence-electron chi connectivity index (χ4n) is 2.13. The predicted octanol–water partition coefficient (Wildman–Crippen LogP) is 3.90. The van der Waals surface area contributed by atoms with Crippen LogP contribution in [0.3, 0.4) is 0 Å². The molecule has 0 aliphatic carbocycles. The van der Waals surface area contributed by atoms with Gasteiger partial charge in [-0.15, -0.1) is 11.6 Å². The van der Waals surface area contributed by atoms with E-state index in [1.165, 1.54) is 0 Å². The van der Waals surface area contributed by atoms with Crippen LogP contribution in [0.1, 0.15) is 44.9 Å². The molecule has 9 heteroatoms. The highest BCUT2D eigenvalue weighted by molar-refractivity contribution is 6.17. The maximum absolute atomic E-state index is 11.7. The van der Waals surface area contributed by atoms with E-state index >= 15 is 0 Å². The minimum Gasteiger partial charge on any atom is -0.379 e. The van der Waals surface area contributed by atoms with Gasteiger partial charge in [0.15, 0.2) is 0 Å². The number of alkyl halides is 1. The molecule has 27 heavy (non-hydrogen) atoms. The highest BCUT2D eigenvalue weighted by Crippen LogP contribution is 2.01. The van der Waals surface area contributed by atoms with Gasteiger partial charge in [-0.25, -0.2) is 0 Å². The van der Waals surface area contributed by atoms with Gasteiger partial charge in [-0.2, -0.15) is 0 Å². The van der Waals surface area contributed by atoms with E-state index in [0.29, 0.717) is 65.6 Å². The minimum absolute atomic E-state index is 0.177. The molecular formula is C18H34ClN3O5. The lowest BCUT2D eigenvalue weighted by atomic mass is 10.2. The summed E-state index contributed by atoms with van der Waals surface area (Å²) in [7, 11) is 0. The number of Topliss-reactive ketones (excluding diaryl/α,β-unsaturated/α-hetero) is 1. The number of unbranched alkanes of at least 4 members (excludes halogenated alkanes) is 3. The van der Waals surface area contributed by atoms with Crippen molar-refractivity contribution in [1.82, 2.24) is 0 Å². The van der Waals surface area contributed by atoms with Crippen molar-refractivity contribution in [3.05, 3.63) is 10.4 Å². The van der Waals surface area contributed by atoms with Gasteiger partial charge in [0.05, 0.1) is 39.6 Å². The first-order valence-corrected chi connectivity index (χ1v) is 10.2. The third-order valence-corrected chi connectivity index (χ3v) is 3.85. The van der Waals surface area contributed by atoms with E-state index in [-0.39, 0.29) is 5.78 Å². The molecule has 0 atom stereocenters. The van der Waals surface area contributed by atoms with E-state index in [4.69, 9.17) is 36.1 Å². The molecule has 158 valence electrons. The molecule has 0 saturated carbocycles. The third-order valence-electron chi connectivity index (χ3n) is 3.58. The van der Waals surface area contributed by atoms with Crippen LogP contribution in [0.15, 0.2) is 5.11 Å². The van der Waals surface area contributed by atoms with Gasteiger partial charge >= 0.3 is 0 Å². The van der Waals surface area contributed by atoms with Crippen LogP contribution in [-0.2, 0) is 23.7 Å². The molecule has 0 saturated heterocycles. The van der Waals surface area contributed by atoms with E-state index in [9.17, 15) is 4.79 Å². The first kappa shape index (κ1) is 26.1. The Morgan fingerprint density at radius 3 is 2.00 bits per heavy atom. The number of carbonyl (C=O) groups is 1. The Morgan fingerprint density at radius 2 is 1.33 bits per heavy atom. The van der Waals surface area contributed by atoms with Crippen molar-refractivity contribution in [3.8, 4) is 0 Å². The lowest BCUT2D eigenvalue weighted by Gasteiger charge is -2.06. The zero-order valence-corrected chi connectivity index (χ0v) is 17.0. The number of hydrogen-bond donors (Lipinski definition) is 0. The molecule has 0 unspecified atom stereocenters. The molecule has 0 aliphatic rings. The van der Waals surface area contributed by atoms with Crippen LogP contribution in [0.25, 0.3) is 10.4 Å². The van der Waals surface area contributed by atoms with Gasteiger partial charge in [-0.05, 0) is 24.8 Å². The highest BCUT2D eigenvalue weighted by atomic mass is 35.5. The van der Waals surface area contributed by atoms with Gasteiger partial charge < -0.3 is 18.9 Å². The summed E-state index contributed by atoms with van der Waals surface area (Å²) in [4.78, 5) is 14.3. The summed E-state index contributed by atoms with van der Waals surface area (Å²) < 4.78 is 21.4. The fourth-order valence-corrected chi connectivity index (χ4v) is 2.32. The quantitative estimate of drug-likeness (QED) is 0.0889. The SMILES string of the molecule is [N-]=[N+]=NCCOCCOCCC(=O)CCCOCCOCCCCCCCl. The molecule has 8 nitrogen and oxygen atoms in total. The Hall–Kier alpha value is -0.890. The monoisotopic (exact) mass is 407 g/mol. The predicted molar refractivity (Wildman–Crippen MR) is 105 cm³/mol. The number of azide groups is 1. The third kappa shape index (κ3) is 23.1. The van der Waals surface area contributed by atoms with E-state index in [2.05, 4.69) is 10.0 Å². The van der Waals surface area contributed by atoms with Gasteiger partial charge in [0.25, 0.3) is 0 Å². The normalized spacial score (nSPS) is 10.7. The number of nitrogens with zero attached hydrogens (tertiary/aromatic N) is 3. The van der Waals surface area contributed by atoms with E-state index in [1.807, 2.05) is 0 Å². The molecular weight excluding hydrogens is 374 g/mol. The van der Waals surface area contributed by atoms with Crippen molar-refractivity contribution < 1.29 is 23.7 Å². The Kier molecular flexibility index (Phi) is 22.4. The molecule has 0 amide bonds. The van der Waals surface area contributed by atoms with Crippen molar-refractivity contribution >= 4 is 17.4 Å². The molecule has 0 rings (SSSR count). The largest absolute Gasteiger partial charge is 0.379 e. The minimum atomic E-state index is 0.177. The maximum Gasteiger partial charge on any atom is 0.135 e. The molecule has 0 radical (unpaired) electrons. The molecule has 0 aromatic heterocycles. The lowest BCUT2D eigenvalue weighted by Crippen LogP contribution is -2.11. The average molecular weight is 408 g/mol. The van der Waals surface area contributed by atoms with Gasteiger partial charge in [0.2, 0.25) is 0 Å². The summed E-state index contributed by atoms with van der Waals surface area (Å²) >= 11 is 5.61. The second-order valence-corrected chi connectivity index (χ2v) is 6.28.